The third kappa shape index (κ3) is 3.43. The first-order valence-electron chi connectivity index (χ1n) is 8.02. The van der Waals surface area contributed by atoms with Gasteiger partial charge in [0.1, 0.15) is 5.58 Å². The zero-order valence-corrected chi connectivity index (χ0v) is 13.9. The number of carbonyl (C=O) groups excluding carboxylic acids is 1. The number of benzene rings is 1. The molecule has 3 rings (SSSR count). The van der Waals surface area contributed by atoms with Gasteiger partial charge in [-0.2, -0.15) is 0 Å². The van der Waals surface area contributed by atoms with Crippen LogP contribution in [0.2, 0.25) is 0 Å². The van der Waals surface area contributed by atoms with Crippen molar-refractivity contribution in [3.05, 3.63) is 35.1 Å². The van der Waals surface area contributed by atoms with Crippen molar-refractivity contribution in [2.75, 3.05) is 19.7 Å². The third-order valence-electron chi connectivity index (χ3n) is 4.51. The number of carbonyl (C=O) groups is 2. The van der Waals surface area contributed by atoms with E-state index in [1.165, 1.54) is 0 Å². The summed E-state index contributed by atoms with van der Waals surface area (Å²) in [4.78, 5) is 25.1. The van der Waals surface area contributed by atoms with Crippen molar-refractivity contribution in [3.8, 4) is 0 Å². The summed E-state index contributed by atoms with van der Waals surface area (Å²) in [6.07, 6.45) is 1.36. The van der Waals surface area contributed by atoms with E-state index in [2.05, 4.69) is 0 Å². The molecule has 0 radical (unpaired) electrons. The van der Waals surface area contributed by atoms with Crippen LogP contribution in [-0.2, 0) is 20.7 Å². The Kier molecular flexibility index (Phi) is 4.57. The molecule has 0 aliphatic carbocycles. The predicted octanol–water partition coefficient (Wildman–Crippen LogP) is 2.29. The van der Waals surface area contributed by atoms with Crippen LogP contribution in [-0.4, -0.2) is 47.7 Å². The zero-order valence-electron chi connectivity index (χ0n) is 13.9. The van der Waals surface area contributed by atoms with Gasteiger partial charge in [0.05, 0.1) is 31.8 Å². The second kappa shape index (κ2) is 6.65. The Balaban J connectivity index is 1.73. The van der Waals surface area contributed by atoms with Crippen LogP contribution in [0.15, 0.2) is 22.8 Å². The lowest BCUT2D eigenvalue weighted by Gasteiger charge is -2.32. The van der Waals surface area contributed by atoms with Crippen molar-refractivity contribution < 1.29 is 23.8 Å². The van der Waals surface area contributed by atoms with E-state index in [0.29, 0.717) is 19.7 Å². The van der Waals surface area contributed by atoms with Crippen molar-refractivity contribution in [3.63, 3.8) is 0 Å². The number of amides is 1. The van der Waals surface area contributed by atoms with Gasteiger partial charge < -0.3 is 19.2 Å². The predicted molar refractivity (Wildman–Crippen MR) is 88.0 cm³/mol. The number of ether oxygens (including phenoxy) is 1. The molecular formula is C18H21NO5. The smallest absolute Gasteiger partial charge is 0.306 e. The Labute approximate surface area is 140 Å². The lowest BCUT2D eigenvalue weighted by atomic mass is 10.0. The summed E-state index contributed by atoms with van der Waals surface area (Å²) < 4.78 is 11.0. The SMILES string of the molecule is Cc1cc2occ(CC(=O)N3CCO[C@H](CC(=O)O)C3)c2cc1C. The lowest BCUT2D eigenvalue weighted by Crippen LogP contribution is -2.46. The molecule has 1 atom stereocenters. The number of furan rings is 1. The molecule has 2 aromatic rings. The van der Waals surface area contributed by atoms with Crippen LogP contribution >= 0.6 is 0 Å². The number of carboxylic acid groups (broad SMARTS) is 1. The number of morpholine rings is 1. The largest absolute Gasteiger partial charge is 0.481 e. The van der Waals surface area contributed by atoms with E-state index >= 15 is 0 Å². The molecule has 0 spiro atoms. The fourth-order valence-electron chi connectivity index (χ4n) is 3.01. The number of nitrogens with zero attached hydrogens (tertiary/aromatic N) is 1. The highest BCUT2D eigenvalue weighted by molar-refractivity contribution is 5.88. The van der Waals surface area contributed by atoms with Gasteiger partial charge in [-0.25, -0.2) is 0 Å². The maximum atomic E-state index is 12.6. The topological polar surface area (TPSA) is 80.0 Å². The molecule has 1 saturated heterocycles. The molecule has 6 heteroatoms. The minimum absolute atomic E-state index is 0.0328. The Morgan fingerprint density at radius 1 is 1.29 bits per heavy atom. The second-order valence-electron chi connectivity index (χ2n) is 6.30. The van der Waals surface area contributed by atoms with Crippen molar-refractivity contribution in [2.24, 2.45) is 0 Å². The van der Waals surface area contributed by atoms with Gasteiger partial charge in [-0.3, -0.25) is 9.59 Å². The van der Waals surface area contributed by atoms with Gasteiger partial charge in [-0.1, -0.05) is 0 Å². The lowest BCUT2D eigenvalue weighted by molar-refractivity contribution is -0.147. The van der Waals surface area contributed by atoms with Gasteiger partial charge >= 0.3 is 5.97 Å². The molecular weight excluding hydrogens is 310 g/mol. The molecule has 1 aliphatic rings. The van der Waals surface area contributed by atoms with Crippen LogP contribution in [0.1, 0.15) is 23.1 Å². The van der Waals surface area contributed by atoms with Crippen LogP contribution in [0, 0.1) is 13.8 Å². The van der Waals surface area contributed by atoms with E-state index in [1.807, 2.05) is 26.0 Å². The highest BCUT2D eigenvalue weighted by Gasteiger charge is 2.26. The maximum absolute atomic E-state index is 12.6. The Bertz CT molecular complexity index is 779. The van der Waals surface area contributed by atoms with Crippen LogP contribution in [0.25, 0.3) is 11.0 Å². The Morgan fingerprint density at radius 3 is 2.79 bits per heavy atom. The first-order valence-corrected chi connectivity index (χ1v) is 8.02. The number of carboxylic acids is 1. The molecule has 24 heavy (non-hydrogen) atoms. The Morgan fingerprint density at radius 2 is 2.04 bits per heavy atom. The van der Waals surface area contributed by atoms with Gasteiger partial charge in [0, 0.05) is 24.0 Å². The van der Waals surface area contributed by atoms with Crippen LogP contribution in [0.5, 0.6) is 0 Å². The molecule has 2 heterocycles. The molecule has 0 unspecified atom stereocenters. The molecule has 1 fully saturated rings. The number of hydrogen-bond acceptors (Lipinski definition) is 4. The number of aliphatic carboxylic acids is 1. The highest BCUT2D eigenvalue weighted by Crippen LogP contribution is 2.25. The summed E-state index contributed by atoms with van der Waals surface area (Å²) in [5, 5.41) is 9.83. The quantitative estimate of drug-likeness (QED) is 0.930. The third-order valence-corrected chi connectivity index (χ3v) is 4.51. The van der Waals surface area contributed by atoms with E-state index in [9.17, 15) is 9.59 Å². The average molecular weight is 331 g/mol. The van der Waals surface area contributed by atoms with Gasteiger partial charge in [-0.15, -0.1) is 0 Å². The van der Waals surface area contributed by atoms with Crippen molar-refractivity contribution in [2.45, 2.75) is 32.8 Å². The van der Waals surface area contributed by atoms with Crippen LogP contribution in [0.4, 0.5) is 0 Å². The van der Waals surface area contributed by atoms with Gasteiger partial charge in [0.2, 0.25) is 5.91 Å². The normalized spacial score (nSPS) is 18.1. The van der Waals surface area contributed by atoms with Gasteiger partial charge in [0.25, 0.3) is 0 Å². The van der Waals surface area contributed by atoms with Crippen molar-refractivity contribution in [1.82, 2.24) is 4.90 Å². The standard InChI is InChI=1S/C18H21NO5/c1-11-5-15-13(10-24-16(15)6-12(11)2)7-17(20)19-3-4-23-14(9-19)8-18(21)22/h5-6,10,14H,3-4,7-9H2,1-2H3,(H,21,22)/t14-/m1/s1. The van der Waals surface area contributed by atoms with Crippen molar-refractivity contribution >= 4 is 22.8 Å². The van der Waals surface area contributed by atoms with Gasteiger partial charge in [0.15, 0.2) is 0 Å². The van der Waals surface area contributed by atoms with E-state index in [-0.39, 0.29) is 18.7 Å². The molecule has 0 saturated carbocycles. The number of hydrogen-bond donors (Lipinski definition) is 1. The molecule has 1 N–H and O–H groups in total. The minimum Gasteiger partial charge on any atom is -0.481 e. The molecule has 6 nitrogen and oxygen atoms in total. The van der Waals surface area contributed by atoms with E-state index in [4.69, 9.17) is 14.3 Å². The first-order chi connectivity index (χ1) is 11.4. The molecule has 128 valence electrons. The van der Waals surface area contributed by atoms with Crippen LogP contribution < -0.4 is 0 Å². The number of fused-ring (bicyclic) bond motifs is 1. The van der Waals surface area contributed by atoms with E-state index in [1.54, 1.807) is 11.2 Å². The molecule has 1 aliphatic heterocycles. The summed E-state index contributed by atoms with van der Waals surface area (Å²) in [5.41, 5.74) is 3.95. The molecule has 1 aromatic heterocycles. The van der Waals surface area contributed by atoms with Crippen LogP contribution in [0.3, 0.4) is 0 Å². The minimum atomic E-state index is -0.916. The fourth-order valence-corrected chi connectivity index (χ4v) is 3.01. The number of aryl methyl sites for hydroxylation is 2. The van der Waals surface area contributed by atoms with Crippen molar-refractivity contribution in [1.29, 1.82) is 0 Å². The average Bonchev–Trinajstić information content (AvgIpc) is 2.89. The van der Waals surface area contributed by atoms with Gasteiger partial charge in [-0.05, 0) is 37.1 Å². The first kappa shape index (κ1) is 16.5. The fraction of sp³-hybridized carbons (Fsp3) is 0.444. The monoisotopic (exact) mass is 331 g/mol. The van der Waals surface area contributed by atoms with E-state index < -0.39 is 12.1 Å². The number of rotatable bonds is 4. The summed E-state index contributed by atoms with van der Waals surface area (Å²) in [7, 11) is 0. The summed E-state index contributed by atoms with van der Waals surface area (Å²) in [6, 6.07) is 4.03. The highest BCUT2D eigenvalue weighted by atomic mass is 16.5. The molecule has 1 aromatic carbocycles. The summed E-state index contributed by atoms with van der Waals surface area (Å²) >= 11 is 0. The van der Waals surface area contributed by atoms with E-state index in [0.717, 1.165) is 27.7 Å². The maximum Gasteiger partial charge on any atom is 0.306 e. The zero-order chi connectivity index (χ0) is 17.3. The summed E-state index contributed by atoms with van der Waals surface area (Å²) in [5.74, 6) is -0.949. The Hall–Kier alpha value is -2.34. The molecule has 0 bridgehead atoms. The molecule has 1 amide bonds. The summed E-state index contributed by atoms with van der Waals surface area (Å²) in [6.45, 7) is 5.24. The second-order valence-corrected chi connectivity index (χ2v) is 6.30.